The molecule has 1 saturated heterocycles. The molecule has 0 bridgehead atoms. The van der Waals surface area contributed by atoms with E-state index in [-0.39, 0.29) is 23.8 Å². The minimum atomic E-state index is -0.784. The molecule has 3 N–H and O–H groups in total. The maximum atomic E-state index is 12.3. The lowest BCUT2D eigenvalue weighted by Gasteiger charge is -2.35. The first-order valence-corrected chi connectivity index (χ1v) is 6.85. The summed E-state index contributed by atoms with van der Waals surface area (Å²) < 4.78 is 0. The van der Waals surface area contributed by atoms with Crippen LogP contribution in [0.2, 0.25) is 0 Å². The topological polar surface area (TPSA) is 83.6 Å². The first kappa shape index (κ1) is 13.3. The van der Waals surface area contributed by atoms with Gasteiger partial charge in [0.05, 0.1) is 5.92 Å². The Bertz CT molecular complexity index is 332. The fourth-order valence-corrected chi connectivity index (χ4v) is 3.09. The molecule has 18 heavy (non-hydrogen) atoms. The van der Waals surface area contributed by atoms with E-state index in [1.165, 1.54) is 0 Å². The van der Waals surface area contributed by atoms with Gasteiger partial charge in [-0.05, 0) is 32.1 Å². The van der Waals surface area contributed by atoms with Crippen LogP contribution in [-0.4, -0.2) is 41.0 Å². The number of carbonyl (C=O) groups is 2. The molecule has 1 heterocycles. The van der Waals surface area contributed by atoms with E-state index in [0.717, 1.165) is 32.1 Å². The van der Waals surface area contributed by atoms with E-state index in [0.29, 0.717) is 19.5 Å². The monoisotopic (exact) mass is 254 g/mol. The molecule has 0 aromatic heterocycles. The average Bonchev–Trinajstić information content (AvgIpc) is 2.38. The Labute approximate surface area is 107 Å². The quantitative estimate of drug-likeness (QED) is 0.764. The number of carbonyl (C=O) groups excluding carboxylic acids is 1. The number of carboxylic acid groups (broad SMARTS) is 1. The van der Waals surface area contributed by atoms with Gasteiger partial charge >= 0.3 is 5.97 Å². The molecule has 3 atom stereocenters. The van der Waals surface area contributed by atoms with Crippen molar-refractivity contribution >= 4 is 11.9 Å². The van der Waals surface area contributed by atoms with Gasteiger partial charge < -0.3 is 15.7 Å². The lowest BCUT2D eigenvalue weighted by Crippen LogP contribution is -2.46. The lowest BCUT2D eigenvalue weighted by atomic mass is 9.84. The number of carboxylic acids is 1. The Kier molecular flexibility index (Phi) is 4.22. The number of aliphatic carboxylic acids is 1. The van der Waals surface area contributed by atoms with Gasteiger partial charge in [-0.3, -0.25) is 9.59 Å². The second-order valence-electron chi connectivity index (χ2n) is 5.59. The third-order valence-corrected chi connectivity index (χ3v) is 4.15. The van der Waals surface area contributed by atoms with E-state index in [9.17, 15) is 9.59 Å². The number of likely N-dealkylation sites (tertiary alicyclic amines) is 1. The van der Waals surface area contributed by atoms with Gasteiger partial charge in [-0.25, -0.2) is 0 Å². The summed E-state index contributed by atoms with van der Waals surface area (Å²) in [6.45, 7) is 1.08. The zero-order chi connectivity index (χ0) is 13.1. The highest BCUT2D eigenvalue weighted by Crippen LogP contribution is 2.27. The zero-order valence-electron chi connectivity index (χ0n) is 10.7. The third-order valence-electron chi connectivity index (χ3n) is 4.15. The largest absolute Gasteiger partial charge is 0.481 e. The molecule has 1 saturated carbocycles. The Morgan fingerprint density at radius 1 is 1.11 bits per heavy atom. The van der Waals surface area contributed by atoms with Gasteiger partial charge in [0.2, 0.25) is 5.91 Å². The van der Waals surface area contributed by atoms with Crippen molar-refractivity contribution in [2.24, 2.45) is 17.6 Å². The average molecular weight is 254 g/mol. The van der Waals surface area contributed by atoms with Gasteiger partial charge in [-0.1, -0.05) is 6.42 Å². The van der Waals surface area contributed by atoms with Crippen molar-refractivity contribution in [1.82, 2.24) is 4.90 Å². The maximum absolute atomic E-state index is 12.3. The minimum Gasteiger partial charge on any atom is -0.481 e. The van der Waals surface area contributed by atoms with E-state index >= 15 is 0 Å². The summed E-state index contributed by atoms with van der Waals surface area (Å²) in [6, 6.07) is 0.132. The van der Waals surface area contributed by atoms with E-state index in [2.05, 4.69) is 0 Å². The summed E-state index contributed by atoms with van der Waals surface area (Å²) >= 11 is 0. The van der Waals surface area contributed by atoms with Gasteiger partial charge in [0.1, 0.15) is 0 Å². The van der Waals surface area contributed by atoms with Crippen LogP contribution in [0.15, 0.2) is 0 Å². The van der Waals surface area contributed by atoms with Gasteiger partial charge in [0.25, 0.3) is 0 Å². The number of amides is 1. The van der Waals surface area contributed by atoms with Crippen molar-refractivity contribution in [2.75, 3.05) is 13.1 Å². The predicted molar refractivity (Wildman–Crippen MR) is 66.9 cm³/mol. The molecule has 1 aliphatic heterocycles. The van der Waals surface area contributed by atoms with Gasteiger partial charge in [0, 0.05) is 25.0 Å². The zero-order valence-corrected chi connectivity index (χ0v) is 10.7. The van der Waals surface area contributed by atoms with Crippen LogP contribution in [0.1, 0.15) is 38.5 Å². The molecule has 102 valence electrons. The van der Waals surface area contributed by atoms with Crippen molar-refractivity contribution in [1.29, 1.82) is 0 Å². The number of hydrogen-bond donors (Lipinski definition) is 2. The van der Waals surface area contributed by atoms with Crippen molar-refractivity contribution in [3.63, 3.8) is 0 Å². The third kappa shape index (κ3) is 3.02. The van der Waals surface area contributed by atoms with Gasteiger partial charge in [-0.15, -0.1) is 0 Å². The molecule has 2 aliphatic rings. The molecule has 5 nitrogen and oxygen atoms in total. The van der Waals surface area contributed by atoms with E-state index in [4.69, 9.17) is 10.8 Å². The number of hydrogen-bond acceptors (Lipinski definition) is 3. The number of nitrogens with zero attached hydrogens (tertiary/aromatic N) is 1. The molecule has 0 aromatic carbocycles. The predicted octanol–water partition coefficient (Wildman–Crippen LogP) is 0.827. The van der Waals surface area contributed by atoms with Crippen LogP contribution in [0, 0.1) is 11.8 Å². The van der Waals surface area contributed by atoms with Crippen molar-refractivity contribution in [3.8, 4) is 0 Å². The smallest absolute Gasteiger partial charge is 0.308 e. The highest BCUT2D eigenvalue weighted by molar-refractivity contribution is 5.80. The summed E-state index contributed by atoms with van der Waals surface area (Å²) in [5.74, 6) is -1.04. The van der Waals surface area contributed by atoms with Crippen LogP contribution < -0.4 is 5.73 Å². The van der Waals surface area contributed by atoms with Crippen molar-refractivity contribution in [2.45, 2.75) is 44.6 Å². The van der Waals surface area contributed by atoms with Crippen LogP contribution in [0.5, 0.6) is 0 Å². The van der Waals surface area contributed by atoms with E-state index in [1.54, 1.807) is 4.90 Å². The minimum absolute atomic E-state index is 0.0151. The molecule has 1 aliphatic carbocycles. The van der Waals surface area contributed by atoms with Crippen molar-refractivity contribution < 1.29 is 14.7 Å². The Morgan fingerprint density at radius 3 is 2.50 bits per heavy atom. The lowest BCUT2D eigenvalue weighted by molar-refractivity contribution is -0.147. The first-order chi connectivity index (χ1) is 8.58. The summed E-state index contributed by atoms with van der Waals surface area (Å²) in [5.41, 5.74) is 5.90. The Balaban J connectivity index is 1.93. The van der Waals surface area contributed by atoms with Crippen LogP contribution in [0.25, 0.3) is 0 Å². The molecule has 1 amide bonds. The van der Waals surface area contributed by atoms with E-state index in [1.807, 2.05) is 0 Å². The van der Waals surface area contributed by atoms with Gasteiger partial charge in [0.15, 0.2) is 0 Å². The van der Waals surface area contributed by atoms with Crippen LogP contribution >= 0.6 is 0 Å². The maximum Gasteiger partial charge on any atom is 0.308 e. The fourth-order valence-electron chi connectivity index (χ4n) is 3.09. The first-order valence-electron chi connectivity index (χ1n) is 6.85. The number of nitrogens with two attached hydrogens (primary N) is 1. The van der Waals surface area contributed by atoms with Crippen LogP contribution in [-0.2, 0) is 9.59 Å². The van der Waals surface area contributed by atoms with Crippen molar-refractivity contribution in [3.05, 3.63) is 0 Å². The highest BCUT2D eigenvalue weighted by Gasteiger charge is 2.33. The van der Waals surface area contributed by atoms with Crippen LogP contribution in [0.4, 0.5) is 0 Å². The van der Waals surface area contributed by atoms with Gasteiger partial charge in [-0.2, -0.15) is 0 Å². The molecular formula is C13H22N2O3. The molecule has 0 aromatic rings. The molecule has 2 unspecified atom stereocenters. The van der Waals surface area contributed by atoms with E-state index < -0.39 is 5.97 Å². The number of rotatable bonds is 2. The van der Waals surface area contributed by atoms with Crippen LogP contribution in [0.3, 0.4) is 0 Å². The highest BCUT2D eigenvalue weighted by atomic mass is 16.4. The molecule has 2 fully saturated rings. The summed E-state index contributed by atoms with van der Waals surface area (Å²) in [6.07, 6.45) is 5.15. The summed E-state index contributed by atoms with van der Waals surface area (Å²) in [7, 11) is 0. The number of piperidine rings is 1. The molecule has 2 rings (SSSR count). The molecule has 0 radical (unpaired) electrons. The summed E-state index contributed by atoms with van der Waals surface area (Å²) in [4.78, 5) is 25.1. The fraction of sp³-hybridized carbons (Fsp3) is 0.846. The molecular weight excluding hydrogens is 232 g/mol. The second-order valence-corrected chi connectivity index (χ2v) is 5.59. The standard InChI is InChI=1S/C13H22N2O3/c14-11-5-1-3-9(7-11)12(16)15-6-2-4-10(8-15)13(17)18/h9-11H,1-8,14H2,(H,17,18)/t9?,10-,11?/m1/s1. The normalized spacial score (nSPS) is 33.2. The Morgan fingerprint density at radius 2 is 1.83 bits per heavy atom. The molecule has 0 spiro atoms. The molecule has 5 heteroatoms. The Hall–Kier alpha value is -1.10. The summed E-state index contributed by atoms with van der Waals surface area (Å²) in [5, 5.41) is 9.03. The second kappa shape index (κ2) is 5.69. The SMILES string of the molecule is NC1CCCC(C(=O)N2CCC[C@@H](C(=O)O)C2)C1.